The summed E-state index contributed by atoms with van der Waals surface area (Å²) in [5.74, 6) is 0. The van der Waals surface area contributed by atoms with Crippen LogP contribution in [0.1, 0.15) is 11.0 Å². The van der Waals surface area contributed by atoms with Crippen molar-refractivity contribution >= 4 is 38.6 Å². The number of hydrogen-bond acceptors (Lipinski definition) is 5. The number of benzene rings is 1. The van der Waals surface area contributed by atoms with Gasteiger partial charge in [0.25, 0.3) is 0 Å². The van der Waals surface area contributed by atoms with Crippen molar-refractivity contribution in [2.45, 2.75) is 6.10 Å². The molecule has 0 saturated heterocycles. The molecule has 0 spiro atoms. The van der Waals surface area contributed by atoms with E-state index in [0.717, 1.165) is 20.8 Å². The molecular formula is C13H12N2OS2. The molecule has 2 heterocycles. The fourth-order valence-electron chi connectivity index (χ4n) is 1.76. The molecule has 5 heteroatoms. The maximum absolute atomic E-state index is 9.98. The standard InChI is InChI=1S/C13H12N2OS2/c16-11(12-2-1-5-17-12)7-14-9-3-4-10-13(6-9)18-8-15-10/h1-6,8,11,14,16H,7H2. The first-order valence-corrected chi connectivity index (χ1v) is 7.37. The molecule has 1 atom stereocenters. The predicted octanol–water partition coefficient (Wildman–Crippen LogP) is 3.50. The first-order valence-electron chi connectivity index (χ1n) is 5.61. The summed E-state index contributed by atoms with van der Waals surface area (Å²) in [6.07, 6.45) is -0.456. The van der Waals surface area contributed by atoms with Crippen molar-refractivity contribution in [2.75, 3.05) is 11.9 Å². The van der Waals surface area contributed by atoms with Crippen molar-refractivity contribution < 1.29 is 5.11 Å². The largest absolute Gasteiger partial charge is 0.386 e. The quantitative estimate of drug-likeness (QED) is 0.766. The highest BCUT2D eigenvalue weighted by Gasteiger charge is 2.08. The van der Waals surface area contributed by atoms with E-state index in [1.807, 2.05) is 35.2 Å². The molecule has 0 saturated carbocycles. The Morgan fingerprint density at radius 1 is 1.28 bits per heavy atom. The summed E-state index contributed by atoms with van der Waals surface area (Å²) in [6, 6.07) is 9.94. The van der Waals surface area contributed by atoms with Gasteiger partial charge in [-0.2, -0.15) is 0 Å². The van der Waals surface area contributed by atoms with Crippen molar-refractivity contribution in [3.05, 3.63) is 46.1 Å². The number of aliphatic hydroxyl groups is 1. The molecular weight excluding hydrogens is 264 g/mol. The summed E-state index contributed by atoms with van der Waals surface area (Å²) in [5, 5.41) is 15.2. The zero-order valence-electron chi connectivity index (χ0n) is 9.54. The lowest BCUT2D eigenvalue weighted by molar-refractivity contribution is 0.195. The van der Waals surface area contributed by atoms with Crippen molar-refractivity contribution in [3.63, 3.8) is 0 Å². The van der Waals surface area contributed by atoms with Crippen LogP contribution in [0.15, 0.2) is 41.2 Å². The monoisotopic (exact) mass is 276 g/mol. The van der Waals surface area contributed by atoms with Crippen LogP contribution in [0.25, 0.3) is 10.2 Å². The highest BCUT2D eigenvalue weighted by atomic mass is 32.1. The minimum atomic E-state index is -0.456. The third kappa shape index (κ3) is 2.38. The molecule has 3 rings (SSSR count). The number of thiazole rings is 1. The van der Waals surface area contributed by atoms with Gasteiger partial charge in [0.1, 0.15) is 6.10 Å². The van der Waals surface area contributed by atoms with Crippen molar-refractivity contribution in [1.29, 1.82) is 0 Å². The van der Waals surface area contributed by atoms with E-state index in [1.165, 1.54) is 0 Å². The minimum Gasteiger partial charge on any atom is -0.386 e. The van der Waals surface area contributed by atoms with Crippen LogP contribution >= 0.6 is 22.7 Å². The number of nitrogens with zero attached hydrogens (tertiary/aromatic N) is 1. The molecule has 0 aliphatic heterocycles. The summed E-state index contributed by atoms with van der Waals surface area (Å²) in [4.78, 5) is 5.23. The van der Waals surface area contributed by atoms with E-state index in [4.69, 9.17) is 0 Å². The van der Waals surface area contributed by atoms with Gasteiger partial charge in [0.2, 0.25) is 0 Å². The topological polar surface area (TPSA) is 45.1 Å². The smallest absolute Gasteiger partial charge is 0.105 e. The van der Waals surface area contributed by atoms with E-state index in [0.29, 0.717) is 6.54 Å². The number of hydrogen-bond donors (Lipinski definition) is 2. The zero-order valence-corrected chi connectivity index (χ0v) is 11.2. The van der Waals surface area contributed by atoms with E-state index < -0.39 is 6.10 Å². The average molecular weight is 276 g/mol. The number of anilines is 1. The Balaban J connectivity index is 1.69. The van der Waals surface area contributed by atoms with Crippen LogP contribution in [0.4, 0.5) is 5.69 Å². The summed E-state index contributed by atoms with van der Waals surface area (Å²) in [5.41, 5.74) is 3.88. The van der Waals surface area contributed by atoms with Crippen LogP contribution in [-0.2, 0) is 0 Å². The Labute approximate surface area is 113 Å². The fourth-order valence-corrected chi connectivity index (χ4v) is 3.19. The highest BCUT2D eigenvalue weighted by molar-refractivity contribution is 7.16. The second kappa shape index (κ2) is 5.06. The molecule has 0 amide bonds. The second-order valence-electron chi connectivity index (χ2n) is 3.95. The number of rotatable bonds is 4. The zero-order chi connectivity index (χ0) is 12.4. The van der Waals surface area contributed by atoms with Gasteiger partial charge in [0, 0.05) is 17.1 Å². The number of fused-ring (bicyclic) bond motifs is 1. The molecule has 3 nitrogen and oxygen atoms in total. The summed E-state index contributed by atoms with van der Waals surface area (Å²) < 4.78 is 1.16. The summed E-state index contributed by atoms with van der Waals surface area (Å²) in [7, 11) is 0. The number of aromatic nitrogens is 1. The van der Waals surface area contributed by atoms with Gasteiger partial charge in [-0.15, -0.1) is 22.7 Å². The molecule has 0 aliphatic carbocycles. The Morgan fingerprint density at radius 2 is 2.22 bits per heavy atom. The molecule has 0 aliphatic rings. The van der Waals surface area contributed by atoms with Crippen LogP contribution in [0.2, 0.25) is 0 Å². The lowest BCUT2D eigenvalue weighted by Crippen LogP contribution is -2.10. The highest BCUT2D eigenvalue weighted by Crippen LogP contribution is 2.23. The Morgan fingerprint density at radius 3 is 3.06 bits per heavy atom. The minimum absolute atomic E-state index is 0.456. The number of nitrogens with one attached hydrogen (secondary N) is 1. The first kappa shape index (κ1) is 11.6. The second-order valence-corrected chi connectivity index (χ2v) is 5.81. The molecule has 2 N–H and O–H groups in total. The van der Waals surface area contributed by atoms with Gasteiger partial charge < -0.3 is 10.4 Å². The van der Waals surface area contributed by atoms with Crippen molar-refractivity contribution in [1.82, 2.24) is 4.98 Å². The first-order chi connectivity index (χ1) is 8.83. The van der Waals surface area contributed by atoms with Crippen LogP contribution < -0.4 is 5.32 Å². The summed E-state index contributed by atoms with van der Waals surface area (Å²) >= 11 is 3.19. The van der Waals surface area contributed by atoms with Gasteiger partial charge in [-0.25, -0.2) is 4.98 Å². The Hall–Kier alpha value is -1.43. The Bertz CT molecular complexity index is 633. The van der Waals surface area contributed by atoms with Crippen LogP contribution in [0.5, 0.6) is 0 Å². The fraction of sp³-hybridized carbons (Fsp3) is 0.154. The maximum atomic E-state index is 9.98. The van der Waals surface area contributed by atoms with E-state index in [-0.39, 0.29) is 0 Å². The van der Waals surface area contributed by atoms with Gasteiger partial charge in [-0.3, -0.25) is 0 Å². The molecule has 3 aromatic rings. The van der Waals surface area contributed by atoms with Crippen molar-refractivity contribution in [2.24, 2.45) is 0 Å². The van der Waals surface area contributed by atoms with E-state index >= 15 is 0 Å². The number of thiophene rings is 1. The van der Waals surface area contributed by atoms with E-state index in [2.05, 4.69) is 16.4 Å². The molecule has 0 bridgehead atoms. The Kier molecular flexibility index (Phi) is 3.27. The van der Waals surface area contributed by atoms with E-state index in [9.17, 15) is 5.11 Å². The third-order valence-corrected chi connectivity index (χ3v) is 4.47. The maximum Gasteiger partial charge on any atom is 0.105 e. The molecule has 1 unspecified atom stereocenters. The number of aliphatic hydroxyl groups excluding tert-OH is 1. The average Bonchev–Trinajstić information content (AvgIpc) is 3.05. The van der Waals surface area contributed by atoms with Crippen LogP contribution in [0.3, 0.4) is 0 Å². The molecule has 0 radical (unpaired) electrons. The molecule has 92 valence electrons. The van der Waals surface area contributed by atoms with Gasteiger partial charge in [0.15, 0.2) is 0 Å². The van der Waals surface area contributed by atoms with Crippen molar-refractivity contribution in [3.8, 4) is 0 Å². The van der Waals surface area contributed by atoms with Gasteiger partial charge in [0.05, 0.1) is 15.7 Å². The lowest BCUT2D eigenvalue weighted by Gasteiger charge is -2.11. The normalized spacial score (nSPS) is 12.7. The molecule has 2 aromatic heterocycles. The van der Waals surface area contributed by atoms with Gasteiger partial charge >= 0.3 is 0 Å². The lowest BCUT2D eigenvalue weighted by atomic mass is 10.2. The molecule has 1 aromatic carbocycles. The SMILES string of the molecule is OC(CNc1ccc2ncsc2c1)c1cccs1. The van der Waals surface area contributed by atoms with E-state index in [1.54, 1.807) is 22.7 Å². The molecule has 18 heavy (non-hydrogen) atoms. The third-order valence-electron chi connectivity index (χ3n) is 2.70. The van der Waals surface area contributed by atoms with Crippen LogP contribution in [-0.4, -0.2) is 16.6 Å². The van der Waals surface area contributed by atoms with Crippen LogP contribution in [0, 0.1) is 0 Å². The summed E-state index contributed by atoms with van der Waals surface area (Å²) in [6.45, 7) is 0.519. The predicted molar refractivity (Wildman–Crippen MR) is 77.4 cm³/mol. The van der Waals surface area contributed by atoms with Gasteiger partial charge in [-0.1, -0.05) is 6.07 Å². The van der Waals surface area contributed by atoms with Gasteiger partial charge in [-0.05, 0) is 29.6 Å². The molecule has 0 fully saturated rings.